The van der Waals surface area contributed by atoms with Gasteiger partial charge in [0.05, 0.1) is 33.9 Å². The fraction of sp³-hybridized carbons (Fsp3) is 0.240. The lowest BCUT2D eigenvalue weighted by molar-refractivity contribution is -0.124. The van der Waals surface area contributed by atoms with E-state index in [4.69, 9.17) is 20.9 Å². The number of carbonyl (C=O) groups is 1. The lowest BCUT2D eigenvalue weighted by Crippen LogP contribution is -2.48. The molecule has 1 aromatic carbocycles. The lowest BCUT2D eigenvalue weighted by Gasteiger charge is -2.26. The highest BCUT2D eigenvalue weighted by atomic mass is 32.1. The number of carbonyl (C=O) groups excluding carboxylic acids is 1. The number of ether oxygens (including phenoxy) is 1. The fourth-order valence-corrected chi connectivity index (χ4v) is 5.30. The van der Waals surface area contributed by atoms with Gasteiger partial charge in [0.1, 0.15) is 29.5 Å². The van der Waals surface area contributed by atoms with E-state index in [0.29, 0.717) is 31.1 Å². The van der Waals surface area contributed by atoms with Gasteiger partial charge >= 0.3 is 0 Å². The van der Waals surface area contributed by atoms with E-state index in [1.165, 1.54) is 11.3 Å². The first-order chi connectivity index (χ1) is 17.5. The van der Waals surface area contributed by atoms with Gasteiger partial charge in [-0.1, -0.05) is 30.3 Å². The molecular formula is C25H26N8O2S. The van der Waals surface area contributed by atoms with E-state index in [0.717, 1.165) is 51.7 Å². The van der Waals surface area contributed by atoms with E-state index < -0.39 is 0 Å². The number of thiazole rings is 1. The Morgan fingerprint density at radius 1 is 1.33 bits per heavy atom. The summed E-state index contributed by atoms with van der Waals surface area (Å²) in [5.41, 5.74) is 10.4. The van der Waals surface area contributed by atoms with Crippen molar-refractivity contribution < 1.29 is 9.53 Å². The van der Waals surface area contributed by atoms with Gasteiger partial charge in [-0.2, -0.15) is 5.10 Å². The highest BCUT2D eigenvalue weighted by molar-refractivity contribution is 7.17. The Labute approximate surface area is 211 Å². The monoisotopic (exact) mass is 502 g/mol. The molecule has 4 aromatic rings. The van der Waals surface area contributed by atoms with Crippen LogP contribution >= 0.6 is 11.3 Å². The van der Waals surface area contributed by atoms with Crippen LogP contribution in [0, 0.1) is 12.3 Å². The van der Waals surface area contributed by atoms with Crippen molar-refractivity contribution in [2.24, 2.45) is 10.7 Å². The third-order valence-corrected chi connectivity index (χ3v) is 7.00. The number of amides is 1. The van der Waals surface area contributed by atoms with Crippen LogP contribution in [0.1, 0.15) is 10.6 Å². The molecule has 5 rings (SSSR count). The number of piperazine rings is 1. The minimum Gasteiger partial charge on any atom is -0.492 e. The number of pyridine rings is 1. The molecule has 1 amide bonds. The molecule has 1 aliphatic rings. The molecule has 11 heteroatoms. The molecule has 0 saturated carbocycles. The summed E-state index contributed by atoms with van der Waals surface area (Å²) < 4.78 is 7.84. The molecule has 36 heavy (non-hydrogen) atoms. The van der Waals surface area contributed by atoms with Crippen molar-refractivity contribution in [1.82, 2.24) is 24.8 Å². The van der Waals surface area contributed by atoms with Crippen molar-refractivity contribution in [1.29, 1.82) is 5.41 Å². The van der Waals surface area contributed by atoms with E-state index >= 15 is 0 Å². The summed E-state index contributed by atoms with van der Waals surface area (Å²) in [7, 11) is 0. The van der Waals surface area contributed by atoms with E-state index in [-0.39, 0.29) is 11.7 Å². The van der Waals surface area contributed by atoms with Crippen LogP contribution in [0.4, 0.5) is 0 Å². The number of amidine groups is 1. The van der Waals surface area contributed by atoms with Gasteiger partial charge in [0.2, 0.25) is 5.91 Å². The first kappa shape index (κ1) is 23.6. The second-order valence-electron chi connectivity index (χ2n) is 8.33. The maximum absolute atomic E-state index is 11.6. The zero-order valence-corrected chi connectivity index (χ0v) is 20.6. The van der Waals surface area contributed by atoms with Gasteiger partial charge in [-0.25, -0.2) is 14.5 Å². The molecule has 10 nitrogen and oxygen atoms in total. The summed E-state index contributed by atoms with van der Waals surface area (Å²) in [5, 5.41) is 15.6. The molecule has 4 N–H and O–H groups in total. The van der Waals surface area contributed by atoms with Crippen LogP contribution in [0.25, 0.3) is 27.3 Å². The van der Waals surface area contributed by atoms with Crippen LogP contribution in [0.5, 0.6) is 5.75 Å². The quantitative estimate of drug-likeness (QED) is 0.250. The Hall–Kier alpha value is -4.09. The molecule has 4 heterocycles. The third kappa shape index (κ3) is 4.83. The number of nitrogens with one attached hydrogen (secondary N) is 2. The van der Waals surface area contributed by atoms with E-state index in [1.807, 2.05) is 60.1 Å². The number of rotatable bonds is 8. The maximum atomic E-state index is 11.6. The Bertz CT molecular complexity index is 1440. The maximum Gasteiger partial charge on any atom is 0.234 e. The average Bonchev–Trinajstić information content (AvgIpc) is 3.45. The number of aliphatic imine (C=N–C) groups is 1. The standard InChI is InChI=1S/C25H26N8O2S/c1-16-21(25-30-22(17-5-3-2-4-6-17)23(36-25)24(27)29-15-26)19-13-18(7-9-33(19)31-16)35-12-11-32-10-8-28-20(34)14-32/h2-7,9,13,15H,8,10-12,14H2,1H3,(H,28,34)(H3,26,27,29). The highest BCUT2D eigenvalue weighted by Gasteiger charge is 2.22. The van der Waals surface area contributed by atoms with Gasteiger partial charge in [-0.3, -0.25) is 15.1 Å². The van der Waals surface area contributed by atoms with E-state index in [2.05, 4.69) is 20.3 Å². The van der Waals surface area contributed by atoms with Gasteiger partial charge in [0, 0.05) is 37.5 Å². The summed E-state index contributed by atoms with van der Waals surface area (Å²) in [6, 6.07) is 13.6. The SMILES string of the molecule is Cc1nn2ccc(OCCN3CCNC(=O)C3)cc2c1-c1nc(-c2ccccc2)c(C(N)=NC=N)s1. The zero-order chi connectivity index (χ0) is 25.1. The van der Waals surface area contributed by atoms with Crippen LogP contribution < -0.4 is 15.8 Å². The van der Waals surface area contributed by atoms with Gasteiger partial charge in [0.25, 0.3) is 0 Å². The van der Waals surface area contributed by atoms with Crippen LogP contribution in [-0.2, 0) is 4.79 Å². The second-order valence-corrected chi connectivity index (χ2v) is 9.33. The average molecular weight is 503 g/mol. The van der Waals surface area contributed by atoms with Crippen LogP contribution in [-0.4, -0.2) is 70.4 Å². The lowest BCUT2D eigenvalue weighted by atomic mass is 10.1. The summed E-state index contributed by atoms with van der Waals surface area (Å²) in [6.07, 6.45) is 2.80. The third-order valence-electron chi connectivity index (χ3n) is 5.90. The highest BCUT2D eigenvalue weighted by Crippen LogP contribution is 2.37. The number of nitrogens with two attached hydrogens (primary N) is 1. The molecule has 1 aliphatic heterocycles. The Morgan fingerprint density at radius 2 is 2.17 bits per heavy atom. The summed E-state index contributed by atoms with van der Waals surface area (Å²) in [4.78, 5) is 23.3. The molecule has 0 aliphatic carbocycles. The van der Waals surface area contributed by atoms with E-state index in [1.54, 1.807) is 0 Å². The molecule has 1 saturated heterocycles. The first-order valence-corrected chi connectivity index (χ1v) is 12.3. The summed E-state index contributed by atoms with van der Waals surface area (Å²) >= 11 is 1.42. The first-order valence-electron chi connectivity index (χ1n) is 11.5. The van der Waals surface area contributed by atoms with Crippen molar-refractivity contribution in [3.05, 3.63) is 59.2 Å². The van der Waals surface area contributed by atoms with Crippen LogP contribution in [0.3, 0.4) is 0 Å². The Kier molecular flexibility index (Phi) is 6.74. The molecule has 0 bridgehead atoms. The zero-order valence-electron chi connectivity index (χ0n) is 19.8. The molecule has 3 aromatic heterocycles. The summed E-state index contributed by atoms with van der Waals surface area (Å²) in [5.74, 6) is 1.01. The number of aromatic nitrogens is 3. The number of fused-ring (bicyclic) bond motifs is 1. The van der Waals surface area contributed by atoms with Crippen molar-refractivity contribution in [3.63, 3.8) is 0 Å². The predicted molar refractivity (Wildman–Crippen MR) is 141 cm³/mol. The summed E-state index contributed by atoms with van der Waals surface area (Å²) in [6.45, 7) is 4.98. The van der Waals surface area contributed by atoms with Crippen molar-refractivity contribution in [2.75, 3.05) is 32.8 Å². The Morgan fingerprint density at radius 3 is 2.94 bits per heavy atom. The predicted octanol–water partition coefficient (Wildman–Crippen LogP) is 2.56. The number of aryl methyl sites for hydroxylation is 1. The van der Waals surface area contributed by atoms with Crippen LogP contribution in [0.15, 0.2) is 53.7 Å². The molecule has 184 valence electrons. The molecule has 0 radical (unpaired) electrons. The Balaban J connectivity index is 1.47. The second kappa shape index (κ2) is 10.3. The fourth-order valence-electron chi connectivity index (χ4n) is 4.19. The number of hydrogen-bond donors (Lipinski definition) is 3. The molecule has 0 atom stereocenters. The topological polar surface area (TPSA) is 134 Å². The normalized spacial score (nSPS) is 14.7. The van der Waals surface area contributed by atoms with Gasteiger partial charge in [-0.05, 0) is 13.0 Å². The van der Waals surface area contributed by atoms with Gasteiger partial charge in [-0.15, -0.1) is 11.3 Å². The minimum atomic E-state index is 0.0473. The number of nitrogens with zero attached hydrogens (tertiary/aromatic N) is 5. The van der Waals surface area contributed by atoms with E-state index in [9.17, 15) is 4.79 Å². The molecular weight excluding hydrogens is 476 g/mol. The number of benzene rings is 1. The molecule has 0 unspecified atom stereocenters. The van der Waals surface area contributed by atoms with Crippen molar-refractivity contribution >= 4 is 34.9 Å². The molecule has 0 spiro atoms. The van der Waals surface area contributed by atoms with Crippen LogP contribution in [0.2, 0.25) is 0 Å². The molecule has 1 fully saturated rings. The minimum absolute atomic E-state index is 0.0473. The van der Waals surface area contributed by atoms with Crippen molar-refractivity contribution in [3.8, 4) is 27.6 Å². The van der Waals surface area contributed by atoms with Gasteiger partial charge in [0.15, 0.2) is 0 Å². The number of hydrogen-bond acceptors (Lipinski definition) is 7. The van der Waals surface area contributed by atoms with Gasteiger partial charge < -0.3 is 15.8 Å². The van der Waals surface area contributed by atoms with Crippen molar-refractivity contribution in [2.45, 2.75) is 6.92 Å². The largest absolute Gasteiger partial charge is 0.492 e. The smallest absolute Gasteiger partial charge is 0.234 e.